The molecule has 3 aromatic rings. The van der Waals surface area contributed by atoms with E-state index >= 15 is 0 Å². The Morgan fingerprint density at radius 2 is 1.86 bits per heavy atom. The Morgan fingerprint density at radius 3 is 2.54 bits per heavy atom. The van der Waals surface area contributed by atoms with E-state index in [-0.39, 0.29) is 17.3 Å². The Bertz CT molecular complexity index is 1140. The molecular weight excluding hydrogens is 380 g/mol. The van der Waals surface area contributed by atoms with Gasteiger partial charge in [-0.2, -0.15) is 5.26 Å². The number of benzene rings is 2. The molecule has 0 aliphatic carbocycles. The molecule has 1 heterocycles. The lowest BCUT2D eigenvalue weighted by molar-refractivity contribution is 0.0995. The van der Waals surface area contributed by atoms with Gasteiger partial charge in [0.05, 0.1) is 11.6 Å². The van der Waals surface area contributed by atoms with E-state index in [1.807, 2.05) is 6.07 Å². The third-order valence-electron chi connectivity index (χ3n) is 3.60. The first kappa shape index (κ1) is 19.2. The van der Waals surface area contributed by atoms with Crippen LogP contribution in [0.3, 0.4) is 0 Å². The number of hydrogen-bond acceptors (Lipinski definition) is 6. The topological polar surface area (TPSA) is 109 Å². The number of hydrogen-bond donors (Lipinski definition) is 1. The molecule has 28 heavy (non-hydrogen) atoms. The van der Waals surface area contributed by atoms with Crippen LogP contribution in [0.5, 0.6) is 11.5 Å². The van der Waals surface area contributed by atoms with E-state index in [0.29, 0.717) is 22.7 Å². The molecule has 2 aromatic carbocycles. The maximum Gasteiger partial charge on any atom is 0.291 e. The van der Waals surface area contributed by atoms with Crippen LogP contribution in [0, 0.1) is 11.3 Å². The minimum atomic E-state index is -3.24. The van der Waals surface area contributed by atoms with Gasteiger partial charge in [-0.1, -0.05) is 6.07 Å². The first-order valence-corrected chi connectivity index (χ1v) is 10.2. The van der Waals surface area contributed by atoms with Gasteiger partial charge in [0.25, 0.3) is 5.91 Å². The van der Waals surface area contributed by atoms with E-state index in [9.17, 15) is 13.2 Å². The summed E-state index contributed by atoms with van der Waals surface area (Å²) in [7, 11) is -3.24. The number of carbonyl (C=O) groups is 1. The van der Waals surface area contributed by atoms with Gasteiger partial charge in [-0.15, -0.1) is 0 Å². The largest absolute Gasteiger partial charge is 0.457 e. The average molecular weight is 396 g/mol. The molecule has 142 valence electrons. The summed E-state index contributed by atoms with van der Waals surface area (Å²) in [5.74, 6) is 0.545. The molecule has 0 spiro atoms. The summed E-state index contributed by atoms with van der Waals surface area (Å²) in [6.07, 6.45) is 1.09. The predicted octanol–water partition coefficient (Wildman–Crippen LogP) is 3.74. The summed E-state index contributed by atoms with van der Waals surface area (Å²) in [6.45, 7) is 0. The number of nitrogens with zero attached hydrogens (tertiary/aromatic N) is 1. The molecule has 0 aliphatic heterocycles. The van der Waals surface area contributed by atoms with Gasteiger partial charge in [0, 0.05) is 11.9 Å². The number of rotatable bonds is 6. The van der Waals surface area contributed by atoms with Gasteiger partial charge in [0.15, 0.2) is 15.6 Å². The van der Waals surface area contributed by atoms with Crippen LogP contribution in [0.2, 0.25) is 0 Å². The van der Waals surface area contributed by atoms with E-state index in [2.05, 4.69) is 5.32 Å². The van der Waals surface area contributed by atoms with Crippen molar-refractivity contribution in [1.29, 1.82) is 5.26 Å². The van der Waals surface area contributed by atoms with Gasteiger partial charge in [0.1, 0.15) is 23.0 Å². The molecule has 0 bridgehead atoms. The molecule has 0 radical (unpaired) electrons. The molecule has 7 nitrogen and oxygen atoms in total. The van der Waals surface area contributed by atoms with Gasteiger partial charge < -0.3 is 14.5 Å². The van der Waals surface area contributed by atoms with E-state index in [4.69, 9.17) is 14.4 Å². The highest BCUT2D eigenvalue weighted by molar-refractivity contribution is 7.89. The van der Waals surface area contributed by atoms with Crippen molar-refractivity contribution in [1.82, 2.24) is 0 Å². The van der Waals surface area contributed by atoms with Crippen LogP contribution in [0.15, 0.2) is 65.1 Å². The fourth-order valence-corrected chi connectivity index (χ4v) is 3.07. The zero-order chi connectivity index (χ0) is 20.1. The highest BCUT2D eigenvalue weighted by Crippen LogP contribution is 2.24. The third-order valence-corrected chi connectivity index (χ3v) is 4.41. The molecule has 8 heteroatoms. The standard InChI is InChI=1S/C20H16N2O5S/c1-28(24,25)13-18-9-10-19(27-18)20(23)22-15-5-7-16(8-6-15)26-17-4-2-3-14(11-17)12-21/h2-11H,13H2,1H3,(H,22,23). The van der Waals surface area contributed by atoms with Gasteiger partial charge in [-0.05, 0) is 54.6 Å². The first-order chi connectivity index (χ1) is 13.3. The second kappa shape index (κ2) is 7.98. The quantitative estimate of drug-likeness (QED) is 0.680. The Kier molecular flexibility index (Phi) is 5.47. The van der Waals surface area contributed by atoms with Crippen molar-refractivity contribution in [2.75, 3.05) is 11.6 Å². The summed E-state index contributed by atoms with van der Waals surface area (Å²) in [6, 6.07) is 18.4. The lowest BCUT2D eigenvalue weighted by atomic mass is 10.2. The van der Waals surface area contributed by atoms with Gasteiger partial charge in [0.2, 0.25) is 0 Å². The number of furan rings is 1. The van der Waals surface area contributed by atoms with Crippen LogP contribution in [0.25, 0.3) is 0 Å². The molecular formula is C20H16N2O5S. The molecule has 1 N–H and O–H groups in total. The van der Waals surface area contributed by atoms with Crippen LogP contribution in [-0.4, -0.2) is 20.6 Å². The molecule has 0 saturated carbocycles. The SMILES string of the molecule is CS(=O)(=O)Cc1ccc(C(=O)Nc2ccc(Oc3cccc(C#N)c3)cc2)o1. The summed E-state index contributed by atoms with van der Waals surface area (Å²) in [4.78, 5) is 12.2. The van der Waals surface area contributed by atoms with E-state index in [1.165, 1.54) is 12.1 Å². The Labute approximate surface area is 162 Å². The molecule has 0 aliphatic rings. The zero-order valence-corrected chi connectivity index (χ0v) is 15.7. The molecule has 0 atom stereocenters. The Balaban J connectivity index is 1.64. The fourth-order valence-electron chi connectivity index (χ4n) is 2.40. The molecule has 0 unspecified atom stereocenters. The average Bonchev–Trinajstić information content (AvgIpc) is 3.10. The van der Waals surface area contributed by atoms with Crippen LogP contribution >= 0.6 is 0 Å². The van der Waals surface area contributed by atoms with Gasteiger partial charge in [-0.3, -0.25) is 4.79 Å². The predicted molar refractivity (Wildman–Crippen MR) is 103 cm³/mol. The lowest BCUT2D eigenvalue weighted by Crippen LogP contribution is -2.10. The zero-order valence-electron chi connectivity index (χ0n) is 14.9. The van der Waals surface area contributed by atoms with E-state index in [1.54, 1.807) is 48.5 Å². The van der Waals surface area contributed by atoms with Gasteiger partial charge >= 0.3 is 0 Å². The number of ether oxygens (including phenoxy) is 1. The van der Waals surface area contributed by atoms with Crippen molar-refractivity contribution in [2.45, 2.75) is 5.75 Å². The Hall–Kier alpha value is -3.57. The van der Waals surface area contributed by atoms with Crippen molar-refractivity contribution >= 4 is 21.4 Å². The number of carbonyl (C=O) groups excluding carboxylic acids is 1. The fraction of sp³-hybridized carbons (Fsp3) is 0.100. The summed E-state index contributed by atoms with van der Waals surface area (Å²) in [5.41, 5.74) is 1.01. The van der Waals surface area contributed by atoms with Crippen molar-refractivity contribution in [3.8, 4) is 17.6 Å². The molecule has 0 saturated heterocycles. The molecule has 0 fully saturated rings. The minimum absolute atomic E-state index is 0.0206. The van der Waals surface area contributed by atoms with Crippen molar-refractivity contribution in [2.24, 2.45) is 0 Å². The maximum absolute atomic E-state index is 12.2. The number of nitrogens with one attached hydrogen (secondary N) is 1. The third kappa shape index (κ3) is 5.22. The van der Waals surface area contributed by atoms with Crippen LogP contribution < -0.4 is 10.1 Å². The van der Waals surface area contributed by atoms with Crippen LogP contribution in [0.4, 0.5) is 5.69 Å². The van der Waals surface area contributed by atoms with Crippen LogP contribution in [-0.2, 0) is 15.6 Å². The van der Waals surface area contributed by atoms with Crippen molar-refractivity contribution in [3.63, 3.8) is 0 Å². The number of anilines is 1. The summed E-state index contributed by atoms with van der Waals surface area (Å²) >= 11 is 0. The van der Waals surface area contributed by atoms with E-state index < -0.39 is 15.7 Å². The number of sulfone groups is 1. The van der Waals surface area contributed by atoms with Gasteiger partial charge in [-0.25, -0.2) is 8.42 Å². The van der Waals surface area contributed by atoms with E-state index in [0.717, 1.165) is 6.26 Å². The number of nitriles is 1. The maximum atomic E-state index is 12.2. The molecule has 1 aromatic heterocycles. The smallest absolute Gasteiger partial charge is 0.291 e. The summed E-state index contributed by atoms with van der Waals surface area (Å²) < 4.78 is 33.5. The number of amides is 1. The monoisotopic (exact) mass is 396 g/mol. The summed E-state index contributed by atoms with van der Waals surface area (Å²) in [5, 5.41) is 11.6. The Morgan fingerprint density at radius 1 is 1.11 bits per heavy atom. The van der Waals surface area contributed by atoms with Crippen LogP contribution in [0.1, 0.15) is 21.9 Å². The van der Waals surface area contributed by atoms with Crippen molar-refractivity contribution < 1.29 is 22.4 Å². The first-order valence-electron chi connectivity index (χ1n) is 8.18. The molecule has 1 amide bonds. The lowest BCUT2D eigenvalue weighted by Gasteiger charge is -2.07. The second-order valence-corrected chi connectivity index (χ2v) is 8.20. The highest BCUT2D eigenvalue weighted by atomic mass is 32.2. The highest BCUT2D eigenvalue weighted by Gasteiger charge is 2.14. The normalized spacial score (nSPS) is 10.9. The molecule has 3 rings (SSSR count). The second-order valence-electron chi connectivity index (χ2n) is 6.06. The minimum Gasteiger partial charge on any atom is -0.457 e. The van der Waals surface area contributed by atoms with Crippen molar-refractivity contribution in [3.05, 3.63) is 77.7 Å².